The maximum atomic E-state index is 11.6. The number of rotatable bonds is 3. The molecule has 19 heavy (non-hydrogen) atoms. The SMILES string of the molecule is CN(C)C(=O)Cc1nc(-c2ccc(O)c(O)c2)cs1. The highest BCUT2D eigenvalue weighted by molar-refractivity contribution is 7.10. The van der Waals surface area contributed by atoms with Gasteiger partial charge in [-0.15, -0.1) is 11.3 Å². The van der Waals surface area contributed by atoms with Gasteiger partial charge in [0.15, 0.2) is 11.5 Å². The van der Waals surface area contributed by atoms with Gasteiger partial charge in [0, 0.05) is 25.0 Å². The van der Waals surface area contributed by atoms with E-state index in [9.17, 15) is 15.0 Å². The molecule has 1 aromatic heterocycles. The van der Waals surface area contributed by atoms with Crippen LogP contribution < -0.4 is 0 Å². The van der Waals surface area contributed by atoms with Crippen LogP contribution in [-0.4, -0.2) is 40.1 Å². The molecule has 2 rings (SSSR count). The summed E-state index contributed by atoms with van der Waals surface area (Å²) in [5.41, 5.74) is 1.39. The van der Waals surface area contributed by atoms with Gasteiger partial charge in [-0.25, -0.2) is 4.98 Å². The maximum absolute atomic E-state index is 11.6. The Labute approximate surface area is 114 Å². The van der Waals surface area contributed by atoms with Crippen LogP contribution >= 0.6 is 11.3 Å². The van der Waals surface area contributed by atoms with Crippen LogP contribution in [0, 0.1) is 0 Å². The molecule has 1 amide bonds. The van der Waals surface area contributed by atoms with Crippen molar-refractivity contribution in [3.05, 3.63) is 28.6 Å². The molecule has 6 heteroatoms. The third-order valence-electron chi connectivity index (χ3n) is 2.62. The van der Waals surface area contributed by atoms with Crippen molar-refractivity contribution in [3.8, 4) is 22.8 Å². The lowest BCUT2D eigenvalue weighted by atomic mass is 10.1. The lowest BCUT2D eigenvalue weighted by Gasteiger charge is -2.07. The van der Waals surface area contributed by atoms with E-state index in [0.29, 0.717) is 11.3 Å². The minimum Gasteiger partial charge on any atom is -0.504 e. The normalized spacial score (nSPS) is 10.4. The first-order chi connectivity index (χ1) is 8.97. The van der Waals surface area contributed by atoms with E-state index < -0.39 is 0 Å². The number of carbonyl (C=O) groups is 1. The second-order valence-electron chi connectivity index (χ2n) is 4.29. The molecule has 0 saturated carbocycles. The van der Waals surface area contributed by atoms with Gasteiger partial charge in [0.1, 0.15) is 5.01 Å². The van der Waals surface area contributed by atoms with E-state index in [4.69, 9.17) is 0 Å². The monoisotopic (exact) mass is 278 g/mol. The first kappa shape index (κ1) is 13.4. The molecule has 0 aliphatic rings. The molecule has 0 aliphatic carbocycles. The van der Waals surface area contributed by atoms with Crippen LogP contribution in [0.15, 0.2) is 23.6 Å². The zero-order valence-corrected chi connectivity index (χ0v) is 11.4. The minimum atomic E-state index is -0.184. The van der Waals surface area contributed by atoms with Crippen LogP contribution in [0.25, 0.3) is 11.3 Å². The van der Waals surface area contributed by atoms with Crippen LogP contribution in [0.3, 0.4) is 0 Å². The van der Waals surface area contributed by atoms with Gasteiger partial charge >= 0.3 is 0 Å². The highest BCUT2D eigenvalue weighted by Crippen LogP contribution is 2.31. The molecule has 0 fully saturated rings. The fraction of sp³-hybridized carbons (Fsp3) is 0.231. The molecular weight excluding hydrogens is 264 g/mol. The second kappa shape index (κ2) is 5.27. The number of phenols is 2. The van der Waals surface area contributed by atoms with Crippen LogP contribution in [-0.2, 0) is 11.2 Å². The van der Waals surface area contributed by atoms with Gasteiger partial charge in [-0.1, -0.05) is 0 Å². The van der Waals surface area contributed by atoms with Crippen LogP contribution in [0.2, 0.25) is 0 Å². The van der Waals surface area contributed by atoms with E-state index in [2.05, 4.69) is 4.98 Å². The van der Waals surface area contributed by atoms with Crippen molar-refractivity contribution in [1.82, 2.24) is 9.88 Å². The van der Waals surface area contributed by atoms with Crippen LogP contribution in [0.1, 0.15) is 5.01 Å². The van der Waals surface area contributed by atoms with Crippen molar-refractivity contribution in [2.75, 3.05) is 14.1 Å². The Hall–Kier alpha value is -2.08. The summed E-state index contributed by atoms with van der Waals surface area (Å²) in [6.45, 7) is 0. The number of benzene rings is 1. The molecule has 0 saturated heterocycles. The van der Waals surface area contributed by atoms with E-state index in [0.717, 1.165) is 5.01 Å². The smallest absolute Gasteiger partial charge is 0.228 e. The average Bonchev–Trinajstić information content (AvgIpc) is 2.81. The topological polar surface area (TPSA) is 73.7 Å². The average molecular weight is 278 g/mol. The molecule has 2 aromatic rings. The van der Waals surface area contributed by atoms with Crippen molar-refractivity contribution in [3.63, 3.8) is 0 Å². The fourth-order valence-electron chi connectivity index (χ4n) is 1.49. The standard InChI is InChI=1S/C13H14N2O3S/c1-15(2)13(18)6-12-14-9(7-19-12)8-3-4-10(16)11(17)5-8/h3-5,7,16-17H,6H2,1-2H3. The predicted octanol–water partition coefficient (Wildman–Crippen LogP) is 1.85. The molecule has 0 aliphatic heterocycles. The molecule has 1 heterocycles. The van der Waals surface area contributed by atoms with Crippen molar-refractivity contribution in [2.45, 2.75) is 6.42 Å². The number of likely N-dealkylation sites (N-methyl/N-ethyl adjacent to an activating group) is 1. The van der Waals surface area contributed by atoms with Gasteiger partial charge in [-0.3, -0.25) is 4.79 Å². The molecular formula is C13H14N2O3S. The highest BCUT2D eigenvalue weighted by Gasteiger charge is 2.11. The van der Waals surface area contributed by atoms with Crippen molar-refractivity contribution in [2.24, 2.45) is 0 Å². The summed E-state index contributed by atoms with van der Waals surface area (Å²) in [6.07, 6.45) is 0.266. The van der Waals surface area contributed by atoms with E-state index in [1.807, 2.05) is 5.38 Å². The number of aromatic hydroxyl groups is 2. The Kier molecular flexibility index (Phi) is 3.71. The molecule has 100 valence electrons. The van der Waals surface area contributed by atoms with Gasteiger partial charge in [0.05, 0.1) is 12.1 Å². The van der Waals surface area contributed by atoms with E-state index in [1.165, 1.54) is 28.4 Å². The summed E-state index contributed by atoms with van der Waals surface area (Å²) in [5.74, 6) is -0.354. The first-order valence-corrected chi connectivity index (χ1v) is 6.52. The van der Waals surface area contributed by atoms with Gasteiger partial charge in [0.25, 0.3) is 0 Å². The van der Waals surface area contributed by atoms with Crippen molar-refractivity contribution < 1.29 is 15.0 Å². The van der Waals surface area contributed by atoms with E-state index in [-0.39, 0.29) is 23.8 Å². The summed E-state index contributed by atoms with van der Waals surface area (Å²) in [6, 6.07) is 4.53. The third kappa shape index (κ3) is 3.03. The molecule has 5 nitrogen and oxygen atoms in total. The van der Waals surface area contributed by atoms with Gasteiger partial charge in [0.2, 0.25) is 5.91 Å². The van der Waals surface area contributed by atoms with Gasteiger partial charge in [-0.2, -0.15) is 0 Å². The third-order valence-corrected chi connectivity index (χ3v) is 3.47. The van der Waals surface area contributed by atoms with E-state index in [1.54, 1.807) is 20.2 Å². The zero-order valence-electron chi connectivity index (χ0n) is 10.6. The van der Waals surface area contributed by atoms with Gasteiger partial charge in [-0.05, 0) is 18.2 Å². The second-order valence-corrected chi connectivity index (χ2v) is 5.24. The highest BCUT2D eigenvalue weighted by atomic mass is 32.1. The minimum absolute atomic E-state index is 0.00514. The number of hydrogen-bond donors (Lipinski definition) is 2. The molecule has 0 unspecified atom stereocenters. The zero-order chi connectivity index (χ0) is 14.0. The summed E-state index contributed by atoms with van der Waals surface area (Å²) in [7, 11) is 3.41. The lowest BCUT2D eigenvalue weighted by Crippen LogP contribution is -2.23. The largest absolute Gasteiger partial charge is 0.504 e. The van der Waals surface area contributed by atoms with Crippen LogP contribution in [0.5, 0.6) is 11.5 Å². The molecule has 2 N–H and O–H groups in total. The maximum Gasteiger partial charge on any atom is 0.228 e. The Morgan fingerprint density at radius 3 is 2.68 bits per heavy atom. The van der Waals surface area contributed by atoms with Crippen LogP contribution in [0.4, 0.5) is 0 Å². The fourth-order valence-corrected chi connectivity index (χ4v) is 2.29. The number of aromatic nitrogens is 1. The molecule has 0 radical (unpaired) electrons. The first-order valence-electron chi connectivity index (χ1n) is 5.64. The number of amides is 1. The summed E-state index contributed by atoms with van der Waals surface area (Å²) < 4.78 is 0. The number of nitrogens with zero attached hydrogens (tertiary/aromatic N) is 2. The number of carbonyl (C=O) groups excluding carboxylic acids is 1. The van der Waals surface area contributed by atoms with E-state index >= 15 is 0 Å². The van der Waals surface area contributed by atoms with Gasteiger partial charge < -0.3 is 15.1 Å². The Bertz CT molecular complexity index is 608. The molecule has 0 spiro atoms. The summed E-state index contributed by atoms with van der Waals surface area (Å²) in [5, 5.41) is 21.3. The number of phenolic OH excluding ortho intramolecular Hbond substituents is 2. The van der Waals surface area contributed by atoms with Crippen molar-refractivity contribution in [1.29, 1.82) is 0 Å². The Morgan fingerprint density at radius 1 is 1.32 bits per heavy atom. The Morgan fingerprint density at radius 2 is 2.05 bits per heavy atom. The molecule has 1 aromatic carbocycles. The lowest BCUT2D eigenvalue weighted by molar-refractivity contribution is -0.127. The summed E-state index contributed by atoms with van der Waals surface area (Å²) >= 11 is 1.40. The predicted molar refractivity (Wildman–Crippen MR) is 73.3 cm³/mol. The summed E-state index contributed by atoms with van der Waals surface area (Å²) in [4.78, 5) is 17.4. The molecule has 0 atom stereocenters. The van der Waals surface area contributed by atoms with Crippen molar-refractivity contribution >= 4 is 17.2 Å². The number of hydrogen-bond acceptors (Lipinski definition) is 5. The molecule has 0 bridgehead atoms. The Balaban J connectivity index is 2.21. The number of thiazole rings is 1. The quantitative estimate of drug-likeness (QED) is 0.840.